The third kappa shape index (κ3) is 4.00. The first-order valence-corrected chi connectivity index (χ1v) is 8.16. The van der Waals surface area contributed by atoms with Gasteiger partial charge >= 0.3 is 5.97 Å². The second-order valence-electron chi connectivity index (χ2n) is 5.43. The molecule has 1 fully saturated rings. The van der Waals surface area contributed by atoms with E-state index in [0.717, 1.165) is 36.4 Å². The molecule has 1 saturated heterocycles. The maximum absolute atomic E-state index is 12.4. The zero-order valence-corrected chi connectivity index (χ0v) is 13.3. The highest BCUT2D eigenvalue weighted by atomic mass is 32.2. The molecule has 0 radical (unpaired) electrons. The summed E-state index contributed by atoms with van der Waals surface area (Å²) in [6, 6.07) is 5.33. The molecule has 1 atom stereocenters. The third-order valence-electron chi connectivity index (χ3n) is 3.77. The van der Waals surface area contributed by atoms with E-state index >= 15 is 0 Å². The van der Waals surface area contributed by atoms with Crippen molar-refractivity contribution in [3.8, 4) is 0 Å². The smallest absolute Gasteiger partial charge is 0.335 e. The van der Waals surface area contributed by atoms with Gasteiger partial charge in [-0.25, -0.2) is 4.79 Å². The van der Waals surface area contributed by atoms with Crippen LogP contribution in [0.5, 0.6) is 0 Å². The van der Waals surface area contributed by atoms with Crippen LogP contribution in [-0.2, 0) is 4.79 Å². The number of carbonyl (C=O) groups excluding carboxylic acids is 1. The van der Waals surface area contributed by atoms with Crippen molar-refractivity contribution in [2.45, 2.75) is 43.3 Å². The van der Waals surface area contributed by atoms with E-state index in [9.17, 15) is 9.59 Å². The van der Waals surface area contributed by atoms with E-state index in [0.29, 0.717) is 5.56 Å². The van der Waals surface area contributed by atoms with Crippen molar-refractivity contribution in [1.82, 2.24) is 4.90 Å². The quantitative estimate of drug-likeness (QED) is 0.868. The fourth-order valence-electron chi connectivity index (χ4n) is 2.53. The van der Waals surface area contributed by atoms with Crippen molar-refractivity contribution in [3.05, 3.63) is 29.3 Å². The Bertz CT molecular complexity index is 538. The van der Waals surface area contributed by atoms with Crippen LogP contribution >= 0.6 is 11.8 Å². The van der Waals surface area contributed by atoms with E-state index in [4.69, 9.17) is 5.11 Å². The SMILES string of the molecule is Cc1ccc(SC(C)C(=O)N2CCCCC2)cc1C(=O)O. The van der Waals surface area contributed by atoms with Crippen LogP contribution in [0, 0.1) is 6.92 Å². The number of carboxylic acid groups (broad SMARTS) is 1. The number of aromatic carboxylic acids is 1. The lowest BCUT2D eigenvalue weighted by Crippen LogP contribution is -2.40. The molecule has 5 heteroatoms. The summed E-state index contributed by atoms with van der Waals surface area (Å²) in [4.78, 5) is 26.3. The molecule has 1 unspecified atom stereocenters. The number of carboxylic acids is 1. The molecule has 0 spiro atoms. The Morgan fingerprint density at radius 3 is 2.52 bits per heavy atom. The van der Waals surface area contributed by atoms with Crippen molar-refractivity contribution in [2.75, 3.05) is 13.1 Å². The highest BCUT2D eigenvalue weighted by Crippen LogP contribution is 2.27. The lowest BCUT2D eigenvalue weighted by atomic mass is 10.1. The number of nitrogens with zero attached hydrogens (tertiary/aromatic N) is 1. The Morgan fingerprint density at radius 1 is 1.24 bits per heavy atom. The molecule has 1 aliphatic heterocycles. The van der Waals surface area contributed by atoms with Crippen molar-refractivity contribution in [1.29, 1.82) is 0 Å². The first kappa shape index (κ1) is 15.9. The molecule has 0 saturated carbocycles. The molecule has 1 aromatic rings. The van der Waals surface area contributed by atoms with Crippen LogP contribution in [0.25, 0.3) is 0 Å². The second-order valence-corrected chi connectivity index (χ2v) is 6.84. The van der Waals surface area contributed by atoms with Crippen LogP contribution in [0.4, 0.5) is 0 Å². The Balaban J connectivity index is 2.05. The van der Waals surface area contributed by atoms with Gasteiger partial charge < -0.3 is 10.0 Å². The summed E-state index contributed by atoms with van der Waals surface area (Å²) < 4.78 is 0. The Kier molecular flexibility index (Phi) is 5.28. The monoisotopic (exact) mass is 307 g/mol. The van der Waals surface area contributed by atoms with Crippen LogP contribution in [0.2, 0.25) is 0 Å². The van der Waals surface area contributed by atoms with Gasteiger partial charge in [0.2, 0.25) is 5.91 Å². The fourth-order valence-corrected chi connectivity index (χ4v) is 3.52. The van der Waals surface area contributed by atoms with Crippen LogP contribution in [0.1, 0.15) is 42.1 Å². The maximum atomic E-state index is 12.4. The van der Waals surface area contributed by atoms with Crippen LogP contribution in [0.3, 0.4) is 0 Å². The average Bonchev–Trinajstić information content (AvgIpc) is 2.49. The van der Waals surface area contributed by atoms with E-state index in [1.54, 1.807) is 19.1 Å². The molecule has 1 amide bonds. The maximum Gasteiger partial charge on any atom is 0.335 e. The third-order valence-corrected chi connectivity index (χ3v) is 4.85. The van der Waals surface area contributed by atoms with Crippen molar-refractivity contribution in [3.63, 3.8) is 0 Å². The number of likely N-dealkylation sites (tertiary alicyclic amines) is 1. The number of benzene rings is 1. The first-order valence-electron chi connectivity index (χ1n) is 7.28. The van der Waals surface area contributed by atoms with Gasteiger partial charge in [0.1, 0.15) is 0 Å². The normalized spacial score (nSPS) is 16.6. The summed E-state index contributed by atoms with van der Waals surface area (Å²) in [5, 5.41) is 8.97. The van der Waals surface area contributed by atoms with E-state index < -0.39 is 5.97 Å². The summed E-state index contributed by atoms with van der Waals surface area (Å²) >= 11 is 1.43. The van der Waals surface area contributed by atoms with Gasteiger partial charge in [-0.15, -0.1) is 11.8 Å². The van der Waals surface area contributed by atoms with Gasteiger partial charge in [0.25, 0.3) is 0 Å². The summed E-state index contributed by atoms with van der Waals surface area (Å²) in [7, 11) is 0. The zero-order chi connectivity index (χ0) is 15.4. The minimum Gasteiger partial charge on any atom is -0.478 e. The molecular formula is C16H21NO3S. The molecule has 4 nitrogen and oxygen atoms in total. The first-order chi connectivity index (χ1) is 9.99. The minimum atomic E-state index is -0.926. The summed E-state index contributed by atoms with van der Waals surface area (Å²) in [6.45, 7) is 5.36. The van der Waals surface area contributed by atoms with Gasteiger partial charge in [0.15, 0.2) is 0 Å². The largest absolute Gasteiger partial charge is 0.478 e. The number of hydrogen-bond donors (Lipinski definition) is 1. The van der Waals surface area contributed by atoms with E-state index in [2.05, 4.69) is 0 Å². The average molecular weight is 307 g/mol. The molecule has 1 heterocycles. The zero-order valence-electron chi connectivity index (χ0n) is 12.5. The number of rotatable bonds is 4. The summed E-state index contributed by atoms with van der Waals surface area (Å²) in [5.74, 6) is -0.776. The van der Waals surface area contributed by atoms with E-state index in [1.807, 2.05) is 17.9 Å². The number of piperidine rings is 1. The highest BCUT2D eigenvalue weighted by molar-refractivity contribution is 8.00. The van der Waals surface area contributed by atoms with Gasteiger partial charge in [-0.3, -0.25) is 4.79 Å². The van der Waals surface area contributed by atoms with E-state index in [1.165, 1.54) is 18.2 Å². The second kappa shape index (κ2) is 6.98. The van der Waals surface area contributed by atoms with Crippen molar-refractivity contribution < 1.29 is 14.7 Å². The Morgan fingerprint density at radius 2 is 1.90 bits per heavy atom. The van der Waals surface area contributed by atoms with Crippen molar-refractivity contribution >= 4 is 23.6 Å². The van der Waals surface area contributed by atoms with Crippen molar-refractivity contribution in [2.24, 2.45) is 0 Å². The van der Waals surface area contributed by atoms with Gasteiger partial charge in [0, 0.05) is 18.0 Å². The number of carbonyl (C=O) groups is 2. The molecular weight excluding hydrogens is 286 g/mol. The number of amides is 1. The lowest BCUT2D eigenvalue weighted by Gasteiger charge is -2.29. The molecule has 0 aliphatic carbocycles. The fraction of sp³-hybridized carbons (Fsp3) is 0.500. The molecule has 1 aromatic carbocycles. The molecule has 1 aliphatic rings. The summed E-state index contributed by atoms with van der Waals surface area (Å²) in [6.07, 6.45) is 3.36. The number of thioether (sulfide) groups is 1. The molecule has 114 valence electrons. The van der Waals surface area contributed by atoms with Gasteiger partial charge in [0.05, 0.1) is 10.8 Å². The molecule has 21 heavy (non-hydrogen) atoms. The Hall–Kier alpha value is -1.49. The van der Waals surface area contributed by atoms with Gasteiger partial charge in [-0.1, -0.05) is 6.07 Å². The van der Waals surface area contributed by atoms with Crippen LogP contribution in [-0.4, -0.2) is 40.2 Å². The standard InChI is InChI=1S/C16H21NO3S/c1-11-6-7-13(10-14(11)16(19)20)21-12(2)15(18)17-8-4-3-5-9-17/h6-7,10,12H,3-5,8-9H2,1-2H3,(H,19,20). The minimum absolute atomic E-state index is 0.150. The van der Waals surface area contributed by atoms with Gasteiger partial charge in [-0.05, 0) is 50.8 Å². The lowest BCUT2D eigenvalue weighted by molar-refractivity contribution is -0.131. The molecule has 0 bridgehead atoms. The molecule has 2 rings (SSSR count). The predicted octanol–water partition coefficient (Wildman–Crippen LogP) is 3.19. The molecule has 1 N–H and O–H groups in total. The highest BCUT2D eigenvalue weighted by Gasteiger charge is 2.23. The predicted molar refractivity (Wildman–Crippen MR) is 83.9 cm³/mol. The Labute approximate surface area is 129 Å². The van der Waals surface area contributed by atoms with Gasteiger partial charge in [-0.2, -0.15) is 0 Å². The number of aryl methyl sites for hydroxylation is 1. The van der Waals surface area contributed by atoms with Crippen LogP contribution < -0.4 is 0 Å². The van der Waals surface area contributed by atoms with Crippen LogP contribution in [0.15, 0.2) is 23.1 Å². The van der Waals surface area contributed by atoms with E-state index in [-0.39, 0.29) is 11.2 Å². The molecule has 0 aromatic heterocycles. The topological polar surface area (TPSA) is 57.6 Å². The summed E-state index contributed by atoms with van der Waals surface area (Å²) in [5.41, 5.74) is 1.04. The number of hydrogen-bond acceptors (Lipinski definition) is 3.